The second-order valence-electron chi connectivity index (χ2n) is 7.85. The highest BCUT2D eigenvalue weighted by molar-refractivity contribution is 4.93. The minimum Gasteiger partial charge on any atom is -0.311 e. The van der Waals surface area contributed by atoms with Crippen LogP contribution in [0.5, 0.6) is 0 Å². The molecule has 2 nitrogen and oxygen atoms in total. The first kappa shape index (κ1) is 16.3. The summed E-state index contributed by atoms with van der Waals surface area (Å²) >= 11 is 0. The first-order valence-corrected chi connectivity index (χ1v) is 9.02. The molecule has 1 aliphatic heterocycles. The Kier molecular flexibility index (Phi) is 5.92. The molecule has 2 rings (SSSR count). The Balaban J connectivity index is 2.00. The minimum absolute atomic E-state index is 0.689. The van der Waals surface area contributed by atoms with Gasteiger partial charge in [-0.2, -0.15) is 0 Å². The molecule has 1 aliphatic carbocycles. The van der Waals surface area contributed by atoms with E-state index in [-0.39, 0.29) is 0 Å². The van der Waals surface area contributed by atoms with Crippen LogP contribution in [-0.4, -0.2) is 36.1 Å². The van der Waals surface area contributed by atoms with Crippen LogP contribution in [0.25, 0.3) is 0 Å². The fraction of sp³-hybridized carbons (Fsp3) is 1.00. The first-order valence-electron chi connectivity index (χ1n) is 9.02. The lowest BCUT2D eigenvalue weighted by atomic mass is 9.82. The highest BCUT2D eigenvalue weighted by Crippen LogP contribution is 2.32. The molecule has 2 atom stereocenters. The molecule has 0 aromatic carbocycles. The van der Waals surface area contributed by atoms with E-state index in [2.05, 4.69) is 44.8 Å². The number of piperazine rings is 1. The molecule has 0 radical (unpaired) electrons. The van der Waals surface area contributed by atoms with Gasteiger partial charge in [-0.05, 0) is 43.4 Å². The molecule has 1 N–H and O–H groups in total. The lowest BCUT2D eigenvalue weighted by Crippen LogP contribution is -2.62. The molecule has 2 aliphatic rings. The topological polar surface area (TPSA) is 15.3 Å². The summed E-state index contributed by atoms with van der Waals surface area (Å²) in [5.74, 6) is 2.52. The average molecular weight is 281 g/mol. The Hall–Kier alpha value is -0.0800. The first-order chi connectivity index (χ1) is 9.52. The summed E-state index contributed by atoms with van der Waals surface area (Å²) in [6, 6.07) is 2.29. The van der Waals surface area contributed by atoms with Gasteiger partial charge in [0.1, 0.15) is 0 Å². The van der Waals surface area contributed by atoms with E-state index in [0.717, 1.165) is 29.8 Å². The van der Waals surface area contributed by atoms with Crippen molar-refractivity contribution < 1.29 is 0 Å². The van der Waals surface area contributed by atoms with Crippen molar-refractivity contribution in [1.29, 1.82) is 0 Å². The van der Waals surface area contributed by atoms with Crippen molar-refractivity contribution in [3.63, 3.8) is 0 Å². The lowest BCUT2D eigenvalue weighted by molar-refractivity contribution is 0.0239. The molecule has 0 aromatic rings. The molecular weight excluding hydrogens is 244 g/mol. The summed E-state index contributed by atoms with van der Waals surface area (Å²) in [5, 5.41) is 3.80. The number of rotatable bonds is 4. The fourth-order valence-corrected chi connectivity index (χ4v) is 4.19. The Morgan fingerprint density at radius 2 is 1.65 bits per heavy atom. The molecule has 0 aromatic heterocycles. The number of hydrogen-bond acceptors (Lipinski definition) is 2. The van der Waals surface area contributed by atoms with Gasteiger partial charge in [0.15, 0.2) is 0 Å². The van der Waals surface area contributed by atoms with Crippen molar-refractivity contribution in [2.45, 2.75) is 84.8 Å². The summed E-state index contributed by atoms with van der Waals surface area (Å²) in [6.45, 7) is 14.3. The van der Waals surface area contributed by atoms with Crippen LogP contribution in [0.15, 0.2) is 0 Å². The van der Waals surface area contributed by atoms with Crippen molar-refractivity contribution in [1.82, 2.24) is 10.2 Å². The van der Waals surface area contributed by atoms with Crippen molar-refractivity contribution in [2.24, 2.45) is 17.8 Å². The summed E-state index contributed by atoms with van der Waals surface area (Å²) in [4.78, 5) is 2.89. The predicted molar refractivity (Wildman–Crippen MR) is 88.0 cm³/mol. The van der Waals surface area contributed by atoms with Gasteiger partial charge in [0.05, 0.1) is 0 Å². The summed E-state index contributed by atoms with van der Waals surface area (Å²) in [7, 11) is 0. The zero-order chi connectivity index (χ0) is 14.7. The molecule has 0 bridgehead atoms. The van der Waals surface area contributed by atoms with Crippen LogP contribution in [0.1, 0.15) is 66.7 Å². The maximum Gasteiger partial charge on any atom is 0.0247 e. The van der Waals surface area contributed by atoms with Crippen LogP contribution >= 0.6 is 0 Å². The predicted octanol–water partition coefficient (Wildman–Crippen LogP) is 3.91. The molecule has 2 heteroatoms. The maximum atomic E-state index is 3.80. The second-order valence-corrected chi connectivity index (χ2v) is 7.85. The van der Waals surface area contributed by atoms with Gasteiger partial charge >= 0.3 is 0 Å². The van der Waals surface area contributed by atoms with E-state index in [0.29, 0.717) is 6.04 Å². The van der Waals surface area contributed by atoms with E-state index in [1.54, 1.807) is 0 Å². The molecule has 0 spiro atoms. The SMILES string of the molecule is CCC1CCC(N2CC(C(C)C)NCC2C(C)C)CC1. The van der Waals surface area contributed by atoms with Gasteiger partial charge < -0.3 is 5.32 Å². The minimum atomic E-state index is 0.689. The van der Waals surface area contributed by atoms with Crippen molar-refractivity contribution in [2.75, 3.05) is 13.1 Å². The van der Waals surface area contributed by atoms with E-state index in [1.807, 2.05) is 0 Å². The van der Waals surface area contributed by atoms with Crippen LogP contribution in [-0.2, 0) is 0 Å². The molecule has 0 amide bonds. The van der Waals surface area contributed by atoms with E-state index < -0.39 is 0 Å². The molecule has 1 heterocycles. The zero-order valence-corrected chi connectivity index (χ0v) is 14.4. The van der Waals surface area contributed by atoms with E-state index in [9.17, 15) is 0 Å². The van der Waals surface area contributed by atoms with E-state index in [1.165, 1.54) is 45.2 Å². The number of hydrogen-bond donors (Lipinski definition) is 1. The highest BCUT2D eigenvalue weighted by Gasteiger charge is 2.36. The van der Waals surface area contributed by atoms with Crippen LogP contribution in [0.4, 0.5) is 0 Å². The monoisotopic (exact) mass is 280 g/mol. The van der Waals surface area contributed by atoms with E-state index >= 15 is 0 Å². The van der Waals surface area contributed by atoms with E-state index in [4.69, 9.17) is 0 Å². The van der Waals surface area contributed by atoms with Gasteiger partial charge in [-0.25, -0.2) is 0 Å². The normalized spacial score (nSPS) is 36.8. The molecule has 1 saturated carbocycles. The summed E-state index contributed by atoms with van der Waals surface area (Å²) in [5.41, 5.74) is 0. The van der Waals surface area contributed by atoms with Gasteiger partial charge in [0.2, 0.25) is 0 Å². The Labute approximate surface area is 126 Å². The second kappa shape index (κ2) is 7.26. The Morgan fingerprint density at radius 1 is 1.00 bits per heavy atom. The average Bonchev–Trinajstić information content (AvgIpc) is 2.46. The van der Waals surface area contributed by atoms with Gasteiger partial charge in [-0.15, -0.1) is 0 Å². The molecule has 20 heavy (non-hydrogen) atoms. The smallest absolute Gasteiger partial charge is 0.0247 e. The third-order valence-electron chi connectivity index (χ3n) is 5.86. The van der Waals surface area contributed by atoms with Gasteiger partial charge in [-0.1, -0.05) is 41.0 Å². The van der Waals surface area contributed by atoms with Crippen molar-refractivity contribution >= 4 is 0 Å². The van der Waals surface area contributed by atoms with Crippen molar-refractivity contribution in [3.05, 3.63) is 0 Å². The number of nitrogens with one attached hydrogen (secondary N) is 1. The Bertz CT molecular complexity index is 279. The van der Waals surface area contributed by atoms with Gasteiger partial charge in [-0.3, -0.25) is 4.90 Å². The largest absolute Gasteiger partial charge is 0.311 e. The summed E-state index contributed by atoms with van der Waals surface area (Å²) < 4.78 is 0. The highest BCUT2D eigenvalue weighted by atomic mass is 15.3. The lowest BCUT2D eigenvalue weighted by Gasteiger charge is -2.49. The van der Waals surface area contributed by atoms with Crippen LogP contribution in [0.2, 0.25) is 0 Å². The van der Waals surface area contributed by atoms with Crippen LogP contribution < -0.4 is 5.32 Å². The zero-order valence-electron chi connectivity index (χ0n) is 14.4. The standard InChI is InChI=1S/C18H36N2/c1-6-15-7-9-16(10-8-15)20-12-17(13(2)3)19-11-18(20)14(4)5/h13-19H,6-12H2,1-5H3. The van der Waals surface area contributed by atoms with Crippen LogP contribution in [0.3, 0.4) is 0 Å². The molecule has 1 saturated heterocycles. The quantitative estimate of drug-likeness (QED) is 0.840. The molecule has 2 unspecified atom stereocenters. The third kappa shape index (κ3) is 3.76. The van der Waals surface area contributed by atoms with Gasteiger partial charge in [0.25, 0.3) is 0 Å². The summed E-state index contributed by atoms with van der Waals surface area (Å²) in [6.07, 6.45) is 7.18. The van der Waals surface area contributed by atoms with Crippen LogP contribution in [0, 0.1) is 17.8 Å². The fourth-order valence-electron chi connectivity index (χ4n) is 4.19. The number of nitrogens with zero attached hydrogens (tertiary/aromatic N) is 1. The van der Waals surface area contributed by atoms with Crippen molar-refractivity contribution in [3.8, 4) is 0 Å². The Morgan fingerprint density at radius 3 is 2.15 bits per heavy atom. The molecule has 2 fully saturated rings. The third-order valence-corrected chi connectivity index (χ3v) is 5.86. The maximum absolute atomic E-state index is 3.80. The molecule has 118 valence electrons. The van der Waals surface area contributed by atoms with Gasteiger partial charge in [0, 0.05) is 31.2 Å². The molecular formula is C18H36N2.